The van der Waals surface area contributed by atoms with E-state index in [9.17, 15) is 12.8 Å². The topological polar surface area (TPSA) is 48.2 Å². The Bertz CT molecular complexity index is 899. The van der Waals surface area contributed by atoms with Crippen molar-refractivity contribution in [3.8, 4) is 0 Å². The van der Waals surface area contributed by atoms with Crippen molar-refractivity contribution in [2.45, 2.75) is 31.6 Å². The average Bonchev–Trinajstić information content (AvgIpc) is 2.83. The molecule has 2 aromatic carbocycles. The first kappa shape index (κ1) is 16.7. The lowest BCUT2D eigenvalue weighted by Crippen LogP contribution is -2.05. The van der Waals surface area contributed by atoms with Crippen molar-refractivity contribution < 1.29 is 12.8 Å². The van der Waals surface area contributed by atoms with Crippen LogP contribution in [0.15, 0.2) is 53.1 Å². The van der Waals surface area contributed by atoms with Gasteiger partial charge in [-0.15, -0.1) is 0 Å². The zero-order valence-electron chi connectivity index (χ0n) is 13.7. The van der Waals surface area contributed by atoms with Gasteiger partial charge in [0.05, 0.1) is 16.3 Å². The number of halogens is 1. The first-order chi connectivity index (χ1) is 11.4. The van der Waals surface area contributed by atoms with Crippen LogP contribution in [0.25, 0.3) is 5.57 Å². The van der Waals surface area contributed by atoms with Crippen molar-refractivity contribution in [2.75, 3.05) is 5.75 Å². The maximum atomic E-state index is 13.5. The van der Waals surface area contributed by atoms with Crippen LogP contribution in [0.1, 0.15) is 31.4 Å². The fourth-order valence-electron chi connectivity index (χ4n) is 2.92. The molecule has 125 valence electrons. The van der Waals surface area contributed by atoms with Gasteiger partial charge in [0.25, 0.3) is 0 Å². The van der Waals surface area contributed by atoms with Gasteiger partial charge in [0, 0.05) is 11.3 Å². The molecule has 0 unspecified atom stereocenters. The van der Waals surface area contributed by atoms with Crippen LogP contribution in [0.4, 0.5) is 10.1 Å². The van der Waals surface area contributed by atoms with E-state index in [1.54, 1.807) is 18.2 Å². The summed E-state index contributed by atoms with van der Waals surface area (Å²) < 4.78 is 37.7. The second-order valence-electron chi connectivity index (χ2n) is 5.98. The van der Waals surface area contributed by atoms with Crippen LogP contribution in [0, 0.1) is 5.82 Å². The molecule has 0 spiro atoms. The molecule has 0 fully saturated rings. The first-order valence-electron chi connectivity index (χ1n) is 7.94. The van der Waals surface area contributed by atoms with E-state index in [1.165, 1.54) is 12.1 Å². The predicted octanol–water partition coefficient (Wildman–Crippen LogP) is 4.23. The first-order valence-corrected chi connectivity index (χ1v) is 9.59. The van der Waals surface area contributed by atoms with Gasteiger partial charge in [-0.2, -0.15) is 0 Å². The number of allylic oxidation sites excluding steroid dienone is 2. The fourth-order valence-corrected chi connectivity index (χ4v) is 4.24. The maximum Gasteiger partial charge on any atom is 0.178 e. The summed E-state index contributed by atoms with van der Waals surface area (Å²) in [5, 5.41) is 4.47. The third-order valence-electron chi connectivity index (χ3n) is 4.14. The van der Waals surface area contributed by atoms with Crippen molar-refractivity contribution >= 4 is 21.1 Å². The smallest absolute Gasteiger partial charge is 0.178 e. The minimum atomic E-state index is -3.20. The van der Waals surface area contributed by atoms with E-state index in [0.717, 1.165) is 28.1 Å². The molecule has 1 aliphatic rings. The molecule has 1 heterocycles. The van der Waals surface area contributed by atoms with E-state index in [0.29, 0.717) is 17.7 Å². The highest BCUT2D eigenvalue weighted by molar-refractivity contribution is 7.91. The van der Waals surface area contributed by atoms with Crippen molar-refractivity contribution in [3.05, 3.63) is 65.1 Å². The number of rotatable bonds is 5. The third-order valence-corrected chi connectivity index (χ3v) is 6.08. The number of hydrogen-bond donors (Lipinski definition) is 0. The zero-order valence-corrected chi connectivity index (χ0v) is 14.5. The SMILES string of the molecule is CCCS(=O)(=O)c1ccc(CC2=C(C)[N]c3ccc(F)cc32)cc1. The molecule has 0 amide bonds. The van der Waals surface area contributed by atoms with Gasteiger partial charge in [0.15, 0.2) is 9.84 Å². The molecule has 0 N–H and O–H groups in total. The summed E-state index contributed by atoms with van der Waals surface area (Å²) in [6.45, 7) is 3.76. The maximum absolute atomic E-state index is 13.5. The van der Waals surface area contributed by atoms with Gasteiger partial charge < -0.3 is 0 Å². The summed E-state index contributed by atoms with van der Waals surface area (Å²) in [6, 6.07) is 11.5. The van der Waals surface area contributed by atoms with E-state index in [-0.39, 0.29) is 11.6 Å². The normalized spacial score (nSPS) is 13.8. The van der Waals surface area contributed by atoms with Gasteiger partial charge in [-0.3, -0.25) is 5.32 Å². The van der Waals surface area contributed by atoms with Crippen molar-refractivity contribution in [1.82, 2.24) is 5.32 Å². The summed E-state index contributed by atoms with van der Waals surface area (Å²) in [4.78, 5) is 0.348. The van der Waals surface area contributed by atoms with Crippen LogP contribution in [0.2, 0.25) is 0 Å². The lowest BCUT2D eigenvalue weighted by Gasteiger charge is -2.08. The van der Waals surface area contributed by atoms with E-state index in [2.05, 4.69) is 5.32 Å². The summed E-state index contributed by atoms with van der Waals surface area (Å²) in [6.07, 6.45) is 1.19. The van der Waals surface area contributed by atoms with Crippen molar-refractivity contribution in [3.63, 3.8) is 0 Å². The van der Waals surface area contributed by atoms with Gasteiger partial charge in [-0.05, 0) is 61.2 Å². The molecule has 3 nitrogen and oxygen atoms in total. The molecule has 5 heteroatoms. The van der Waals surface area contributed by atoms with E-state index < -0.39 is 9.84 Å². The van der Waals surface area contributed by atoms with Crippen LogP contribution in [0.5, 0.6) is 0 Å². The van der Waals surface area contributed by atoms with Crippen LogP contribution >= 0.6 is 0 Å². The van der Waals surface area contributed by atoms with Gasteiger partial charge >= 0.3 is 0 Å². The summed E-state index contributed by atoms with van der Waals surface area (Å²) in [5.74, 6) is -0.126. The largest absolute Gasteiger partial charge is 0.253 e. The van der Waals surface area contributed by atoms with Crippen LogP contribution in [0.3, 0.4) is 0 Å². The average molecular weight is 344 g/mol. The Hall–Kier alpha value is -2.14. The minimum absolute atomic E-state index is 0.155. The van der Waals surface area contributed by atoms with Gasteiger partial charge in [0.2, 0.25) is 0 Å². The number of fused-ring (bicyclic) bond motifs is 1. The quantitative estimate of drug-likeness (QED) is 0.815. The second kappa shape index (κ2) is 6.40. The molecule has 0 saturated carbocycles. The third kappa shape index (κ3) is 3.22. The van der Waals surface area contributed by atoms with Gasteiger partial charge in [-0.25, -0.2) is 12.8 Å². The van der Waals surface area contributed by atoms with Crippen LogP contribution < -0.4 is 5.32 Å². The van der Waals surface area contributed by atoms with E-state index in [4.69, 9.17) is 0 Å². The van der Waals surface area contributed by atoms with Gasteiger partial charge in [0.1, 0.15) is 5.82 Å². The molecule has 0 bridgehead atoms. The molecular formula is C19H19FNO2S. The highest BCUT2D eigenvalue weighted by Gasteiger charge is 2.21. The molecule has 1 aliphatic heterocycles. The Morgan fingerprint density at radius 2 is 1.79 bits per heavy atom. The van der Waals surface area contributed by atoms with Crippen LogP contribution in [-0.2, 0) is 16.3 Å². The molecule has 0 aromatic heterocycles. The number of hydrogen-bond acceptors (Lipinski definition) is 2. The molecule has 2 aromatic rings. The van der Waals surface area contributed by atoms with Crippen molar-refractivity contribution in [1.29, 1.82) is 0 Å². The van der Waals surface area contributed by atoms with Crippen molar-refractivity contribution in [2.24, 2.45) is 0 Å². The molecule has 0 atom stereocenters. The number of sulfone groups is 1. The van der Waals surface area contributed by atoms with Gasteiger partial charge in [-0.1, -0.05) is 19.1 Å². The molecule has 1 radical (unpaired) electrons. The molecule has 0 aliphatic carbocycles. The summed E-state index contributed by atoms with van der Waals surface area (Å²) in [5.41, 5.74) is 4.43. The van der Waals surface area contributed by atoms with E-state index in [1.807, 2.05) is 26.0 Å². The van der Waals surface area contributed by atoms with Crippen LogP contribution in [-0.4, -0.2) is 14.2 Å². The van der Waals surface area contributed by atoms with E-state index >= 15 is 0 Å². The lowest BCUT2D eigenvalue weighted by molar-refractivity contribution is 0.594. The minimum Gasteiger partial charge on any atom is -0.253 e. The molecular weight excluding hydrogens is 325 g/mol. The second-order valence-corrected chi connectivity index (χ2v) is 8.09. The number of benzene rings is 2. The standard InChI is InChI=1S/C19H19FNO2S/c1-3-10-24(22,23)16-7-4-14(5-8-16)11-17-13(2)21-19-9-6-15(20)12-18(17)19/h4-9,12H,3,10-11H2,1-2H3. The monoisotopic (exact) mass is 344 g/mol. The Kier molecular flexibility index (Phi) is 4.45. The highest BCUT2D eigenvalue weighted by atomic mass is 32.2. The zero-order chi connectivity index (χ0) is 17.3. The lowest BCUT2D eigenvalue weighted by atomic mass is 9.98. The predicted molar refractivity (Wildman–Crippen MR) is 93.3 cm³/mol. The summed E-state index contributed by atoms with van der Waals surface area (Å²) in [7, 11) is -3.20. The highest BCUT2D eigenvalue weighted by Crippen LogP contribution is 2.36. The molecule has 3 rings (SSSR count). The Balaban J connectivity index is 1.86. The molecule has 24 heavy (non-hydrogen) atoms. The fraction of sp³-hybridized carbons (Fsp3) is 0.263. The Morgan fingerprint density at radius 1 is 1.08 bits per heavy atom. The Labute approximate surface area is 142 Å². The summed E-state index contributed by atoms with van der Waals surface area (Å²) >= 11 is 0. The molecule has 0 saturated heterocycles. The Morgan fingerprint density at radius 3 is 2.46 bits per heavy atom. The number of nitrogens with zero attached hydrogens (tertiary/aromatic N) is 1.